The summed E-state index contributed by atoms with van der Waals surface area (Å²) in [6.07, 6.45) is 6.65. The first-order valence-corrected chi connectivity index (χ1v) is 4.92. The van der Waals surface area contributed by atoms with Gasteiger partial charge in [-0.2, -0.15) is 0 Å². The van der Waals surface area contributed by atoms with Crippen LogP contribution in [-0.4, -0.2) is 24.2 Å². The Hall–Kier alpha value is -2.30. The van der Waals surface area contributed by atoms with Crippen LogP contribution in [-0.2, 0) is 19.1 Å². The highest BCUT2D eigenvalue weighted by Crippen LogP contribution is 2.25. The summed E-state index contributed by atoms with van der Waals surface area (Å²) in [5, 5.41) is 8.87. The van der Waals surface area contributed by atoms with E-state index in [1.54, 1.807) is 18.2 Å². The molecule has 0 spiro atoms. The third-order valence-electron chi connectivity index (χ3n) is 2.38. The zero-order valence-corrected chi connectivity index (χ0v) is 9.10. The van der Waals surface area contributed by atoms with Gasteiger partial charge < -0.3 is 14.6 Å². The van der Waals surface area contributed by atoms with Crippen molar-refractivity contribution in [2.24, 2.45) is 0 Å². The normalized spacial score (nSPS) is 18.8. The molecule has 0 unspecified atom stereocenters. The molecule has 1 N–H and O–H groups in total. The molecule has 0 atom stereocenters. The molecule has 5 nitrogen and oxygen atoms in total. The second-order valence-corrected chi connectivity index (χ2v) is 3.55. The van der Waals surface area contributed by atoms with Crippen molar-refractivity contribution in [2.75, 3.05) is 7.11 Å². The van der Waals surface area contributed by atoms with Crippen LogP contribution in [0.25, 0.3) is 0 Å². The number of carboxylic acids is 1. The van der Waals surface area contributed by atoms with E-state index in [0.717, 1.165) is 0 Å². The Labute approximate surface area is 97.3 Å². The van der Waals surface area contributed by atoms with E-state index < -0.39 is 11.9 Å². The molecule has 0 aromatic rings. The van der Waals surface area contributed by atoms with Crippen LogP contribution in [0.5, 0.6) is 0 Å². The van der Waals surface area contributed by atoms with E-state index in [-0.39, 0.29) is 5.57 Å². The maximum atomic E-state index is 11.5. The summed E-state index contributed by atoms with van der Waals surface area (Å²) in [6.45, 7) is 0. The molecule has 0 radical (unpaired) electrons. The van der Waals surface area contributed by atoms with Gasteiger partial charge in [0.15, 0.2) is 0 Å². The van der Waals surface area contributed by atoms with E-state index >= 15 is 0 Å². The van der Waals surface area contributed by atoms with Crippen molar-refractivity contribution in [3.63, 3.8) is 0 Å². The fourth-order valence-corrected chi connectivity index (χ4v) is 1.57. The van der Waals surface area contributed by atoms with Gasteiger partial charge in [0.25, 0.3) is 0 Å². The van der Waals surface area contributed by atoms with Crippen LogP contribution < -0.4 is 0 Å². The van der Waals surface area contributed by atoms with Crippen molar-refractivity contribution < 1.29 is 24.2 Å². The Morgan fingerprint density at radius 2 is 2.18 bits per heavy atom. The van der Waals surface area contributed by atoms with Crippen molar-refractivity contribution in [1.82, 2.24) is 0 Å². The Morgan fingerprint density at radius 1 is 1.41 bits per heavy atom. The number of hydrogen-bond acceptors (Lipinski definition) is 4. The Bertz CT molecular complexity index is 505. The molecule has 0 aromatic carbocycles. The molecule has 0 saturated heterocycles. The quantitative estimate of drug-likeness (QED) is 0.575. The maximum Gasteiger partial charge on any atom is 0.350 e. The molecule has 0 amide bonds. The fourth-order valence-electron chi connectivity index (χ4n) is 1.57. The third-order valence-corrected chi connectivity index (χ3v) is 2.38. The molecule has 1 aliphatic heterocycles. The van der Waals surface area contributed by atoms with Gasteiger partial charge in [0.05, 0.1) is 7.11 Å². The molecule has 0 aromatic heterocycles. The first-order valence-electron chi connectivity index (χ1n) is 4.92. The monoisotopic (exact) mass is 234 g/mol. The summed E-state index contributed by atoms with van der Waals surface area (Å²) in [5.74, 6) is -1.22. The highest BCUT2D eigenvalue weighted by molar-refractivity contribution is 6.14. The van der Waals surface area contributed by atoms with Crippen LogP contribution in [0.15, 0.2) is 47.0 Å². The van der Waals surface area contributed by atoms with Crippen molar-refractivity contribution in [1.29, 1.82) is 0 Å². The smallest absolute Gasteiger partial charge is 0.350 e. The summed E-state index contributed by atoms with van der Waals surface area (Å²) >= 11 is 0. The van der Waals surface area contributed by atoms with Crippen molar-refractivity contribution in [3.05, 3.63) is 47.0 Å². The number of rotatable bonds is 2. The largest absolute Gasteiger partial charge is 0.497 e. The van der Waals surface area contributed by atoms with E-state index in [4.69, 9.17) is 14.6 Å². The van der Waals surface area contributed by atoms with Gasteiger partial charge in [-0.05, 0) is 17.7 Å². The molecule has 2 bridgehead atoms. The summed E-state index contributed by atoms with van der Waals surface area (Å²) in [7, 11) is 1.50. The van der Waals surface area contributed by atoms with Crippen molar-refractivity contribution in [2.45, 2.75) is 6.42 Å². The lowest BCUT2D eigenvalue weighted by Crippen LogP contribution is -2.13. The molecule has 5 heteroatoms. The highest BCUT2D eigenvalue weighted by atomic mass is 16.5. The second-order valence-electron chi connectivity index (χ2n) is 3.55. The van der Waals surface area contributed by atoms with Crippen LogP contribution in [0, 0.1) is 0 Å². The van der Waals surface area contributed by atoms with E-state index in [1.807, 2.05) is 0 Å². The lowest BCUT2D eigenvalue weighted by Gasteiger charge is -2.05. The number of esters is 1. The van der Waals surface area contributed by atoms with E-state index in [0.29, 0.717) is 23.5 Å². The molecule has 88 valence electrons. The number of fused-ring (bicyclic) bond motifs is 2. The molecular formula is C12H10O5. The number of methoxy groups -OCH3 is 1. The van der Waals surface area contributed by atoms with Crippen LogP contribution >= 0.6 is 0 Å². The number of aliphatic carboxylic acids is 1. The molecule has 2 rings (SSSR count). The lowest BCUT2D eigenvalue weighted by molar-refractivity contribution is -0.141. The number of carbonyl (C=O) groups excluding carboxylic acids is 1. The first kappa shape index (κ1) is 11.2. The summed E-state index contributed by atoms with van der Waals surface area (Å²) in [6, 6.07) is 0. The SMILES string of the molecule is COC1=CC=C2C=C(C(=O)O)C(=O)OC(=C1)C2. The van der Waals surface area contributed by atoms with E-state index in [9.17, 15) is 9.59 Å². The Kier molecular flexibility index (Phi) is 2.82. The van der Waals surface area contributed by atoms with Gasteiger partial charge in [0.2, 0.25) is 0 Å². The number of carbonyl (C=O) groups is 2. The molecule has 17 heavy (non-hydrogen) atoms. The molecule has 1 heterocycles. The molecule has 1 aliphatic carbocycles. The number of ether oxygens (including phenoxy) is 2. The first-order chi connectivity index (χ1) is 8.10. The van der Waals surface area contributed by atoms with E-state index in [1.165, 1.54) is 13.2 Å². The van der Waals surface area contributed by atoms with E-state index in [2.05, 4.69) is 0 Å². The topological polar surface area (TPSA) is 72.8 Å². The lowest BCUT2D eigenvalue weighted by atomic mass is 10.1. The third kappa shape index (κ3) is 2.28. The molecule has 0 fully saturated rings. The van der Waals surface area contributed by atoms with Crippen LogP contribution in [0.1, 0.15) is 6.42 Å². The minimum atomic E-state index is -1.29. The summed E-state index contributed by atoms with van der Waals surface area (Å²) < 4.78 is 10.0. The fraction of sp³-hybridized carbons (Fsp3) is 0.167. The molecular weight excluding hydrogens is 224 g/mol. The zero-order chi connectivity index (χ0) is 12.4. The van der Waals surface area contributed by atoms with Crippen LogP contribution in [0.3, 0.4) is 0 Å². The van der Waals surface area contributed by atoms with Gasteiger partial charge in [-0.3, -0.25) is 0 Å². The predicted molar refractivity (Wildman–Crippen MR) is 57.7 cm³/mol. The predicted octanol–water partition coefficient (Wildman–Crippen LogP) is 1.30. The maximum absolute atomic E-state index is 11.5. The van der Waals surface area contributed by atoms with Crippen LogP contribution in [0.2, 0.25) is 0 Å². The minimum absolute atomic E-state index is 0.367. The van der Waals surface area contributed by atoms with Gasteiger partial charge in [0, 0.05) is 12.5 Å². The average Bonchev–Trinajstić information content (AvgIpc) is 2.56. The summed E-state index contributed by atoms with van der Waals surface area (Å²) in [4.78, 5) is 22.4. The minimum Gasteiger partial charge on any atom is -0.497 e. The van der Waals surface area contributed by atoms with Gasteiger partial charge in [-0.1, -0.05) is 6.08 Å². The zero-order valence-electron chi connectivity index (χ0n) is 9.10. The Balaban J connectivity index is 2.48. The number of allylic oxidation sites excluding steroid dienone is 5. The van der Waals surface area contributed by atoms with Gasteiger partial charge in [0.1, 0.15) is 17.1 Å². The molecule has 0 saturated carbocycles. The Morgan fingerprint density at radius 3 is 2.82 bits per heavy atom. The average molecular weight is 234 g/mol. The second kappa shape index (κ2) is 4.29. The van der Waals surface area contributed by atoms with Crippen LogP contribution in [0.4, 0.5) is 0 Å². The van der Waals surface area contributed by atoms with Crippen molar-refractivity contribution >= 4 is 11.9 Å². The number of hydrogen-bond donors (Lipinski definition) is 1. The highest BCUT2D eigenvalue weighted by Gasteiger charge is 2.25. The summed E-state index contributed by atoms with van der Waals surface area (Å²) in [5.41, 5.74) is 0.320. The standard InChI is InChI=1S/C12H10O5/c1-16-8-3-2-7-4-9(6-8)17-12(15)10(5-7)11(13)14/h2-3,5-6H,4H2,1H3,(H,13,14). The van der Waals surface area contributed by atoms with Gasteiger partial charge in [-0.15, -0.1) is 0 Å². The van der Waals surface area contributed by atoms with Gasteiger partial charge in [-0.25, -0.2) is 9.59 Å². The number of carboxylic acid groups (broad SMARTS) is 1. The van der Waals surface area contributed by atoms with Gasteiger partial charge >= 0.3 is 11.9 Å². The van der Waals surface area contributed by atoms with Crippen molar-refractivity contribution in [3.8, 4) is 0 Å². The molecule has 2 aliphatic rings.